The zero-order valence-electron chi connectivity index (χ0n) is 9.32. The zero-order chi connectivity index (χ0) is 10.6. The highest BCUT2D eigenvalue weighted by molar-refractivity contribution is 4.80. The molecule has 0 radical (unpaired) electrons. The maximum atomic E-state index is 9.91. The van der Waals surface area contributed by atoms with Gasteiger partial charge in [0.05, 0.1) is 12.2 Å². The van der Waals surface area contributed by atoms with Crippen LogP contribution in [0.15, 0.2) is 0 Å². The summed E-state index contributed by atoms with van der Waals surface area (Å²) in [5.74, 6) is 0. The molecule has 0 aromatic rings. The Kier molecular flexibility index (Phi) is 4.85. The standard InChI is InChI=1S/C11H23NO2/c1-9(13)8-12(2)10-6-4-3-5-7-11(10)14/h9-11,13-14H,3-8H2,1-2H3. The lowest BCUT2D eigenvalue weighted by molar-refractivity contribution is 0.0350. The first kappa shape index (κ1) is 12.0. The van der Waals surface area contributed by atoms with Gasteiger partial charge in [-0.2, -0.15) is 0 Å². The van der Waals surface area contributed by atoms with Crippen molar-refractivity contribution in [2.45, 2.75) is 57.3 Å². The van der Waals surface area contributed by atoms with Crippen LogP contribution in [-0.2, 0) is 0 Å². The van der Waals surface area contributed by atoms with E-state index >= 15 is 0 Å². The van der Waals surface area contributed by atoms with E-state index < -0.39 is 0 Å². The third-order valence-electron chi connectivity index (χ3n) is 3.06. The predicted molar refractivity (Wildman–Crippen MR) is 57.2 cm³/mol. The number of hydrogen-bond acceptors (Lipinski definition) is 3. The van der Waals surface area contributed by atoms with Crippen molar-refractivity contribution in [2.24, 2.45) is 0 Å². The molecule has 14 heavy (non-hydrogen) atoms. The van der Waals surface area contributed by atoms with Crippen molar-refractivity contribution in [3.63, 3.8) is 0 Å². The van der Waals surface area contributed by atoms with Crippen LogP contribution in [0, 0.1) is 0 Å². The van der Waals surface area contributed by atoms with Crippen LogP contribution >= 0.6 is 0 Å². The number of aliphatic hydroxyl groups excluding tert-OH is 2. The Hall–Kier alpha value is -0.120. The second-order valence-electron chi connectivity index (χ2n) is 4.56. The molecule has 0 aliphatic heterocycles. The summed E-state index contributed by atoms with van der Waals surface area (Å²) in [6.45, 7) is 2.45. The van der Waals surface area contributed by atoms with E-state index in [9.17, 15) is 10.2 Å². The van der Waals surface area contributed by atoms with Crippen molar-refractivity contribution in [1.82, 2.24) is 4.90 Å². The Bertz CT molecular complexity index is 161. The Labute approximate surface area is 86.7 Å². The van der Waals surface area contributed by atoms with Crippen LogP contribution in [0.3, 0.4) is 0 Å². The Balaban J connectivity index is 2.45. The largest absolute Gasteiger partial charge is 0.392 e. The number of hydrogen-bond donors (Lipinski definition) is 2. The molecule has 84 valence electrons. The van der Waals surface area contributed by atoms with Gasteiger partial charge in [-0.1, -0.05) is 19.3 Å². The van der Waals surface area contributed by atoms with Crippen molar-refractivity contribution in [1.29, 1.82) is 0 Å². The molecule has 3 unspecified atom stereocenters. The Morgan fingerprint density at radius 1 is 1.29 bits per heavy atom. The summed E-state index contributed by atoms with van der Waals surface area (Å²) < 4.78 is 0. The van der Waals surface area contributed by atoms with Crippen LogP contribution in [0.5, 0.6) is 0 Å². The highest BCUT2D eigenvalue weighted by atomic mass is 16.3. The predicted octanol–water partition coefficient (Wildman–Crippen LogP) is 0.993. The number of likely N-dealkylation sites (N-methyl/N-ethyl adjacent to an activating group) is 1. The van der Waals surface area contributed by atoms with Gasteiger partial charge in [0.15, 0.2) is 0 Å². The third kappa shape index (κ3) is 3.56. The third-order valence-corrected chi connectivity index (χ3v) is 3.06. The van der Waals surface area contributed by atoms with Crippen molar-refractivity contribution >= 4 is 0 Å². The summed E-state index contributed by atoms with van der Waals surface area (Å²) in [6, 6.07) is 0.243. The lowest BCUT2D eigenvalue weighted by Gasteiger charge is -2.31. The average molecular weight is 201 g/mol. The van der Waals surface area contributed by atoms with E-state index in [-0.39, 0.29) is 18.2 Å². The molecule has 0 spiro atoms. The molecule has 0 heterocycles. The second-order valence-corrected chi connectivity index (χ2v) is 4.56. The van der Waals surface area contributed by atoms with Crippen LogP contribution in [0.2, 0.25) is 0 Å². The molecule has 0 aromatic heterocycles. The van der Waals surface area contributed by atoms with Gasteiger partial charge in [-0.3, -0.25) is 4.90 Å². The van der Waals surface area contributed by atoms with Gasteiger partial charge in [0, 0.05) is 12.6 Å². The minimum atomic E-state index is -0.310. The molecule has 3 atom stereocenters. The van der Waals surface area contributed by atoms with Crippen LogP contribution in [0.1, 0.15) is 39.0 Å². The van der Waals surface area contributed by atoms with Gasteiger partial charge in [0.25, 0.3) is 0 Å². The van der Waals surface area contributed by atoms with Crippen LogP contribution in [0.4, 0.5) is 0 Å². The van der Waals surface area contributed by atoms with Crippen molar-refractivity contribution in [3.8, 4) is 0 Å². The lowest BCUT2D eigenvalue weighted by Crippen LogP contribution is -2.43. The molecule has 1 aliphatic carbocycles. The second kappa shape index (κ2) is 5.69. The van der Waals surface area contributed by atoms with Gasteiger partial charge in [0.1, 0.15) is 0 Å². The van der Waals surface area contributed by atoms with Crippen molar-refractivity contribution < 1.29 is 10.2 Å². The van der Waals surface area contributed by atoms with Crippen LogP contribution in [-0.4, -0.2) is 47.0 Å². The minimum absolute atomic E-state index is 0.207. The van der Waals surface area contributed by atoms with E-state index in [0.29, 0.717) is 6.54 Å². The fraction of sp³-hybridized carbons (Fsp3) is 1.00. The first-order valence-corrected chi connectivity index (χ1v) is 5.67. The minimum Gasteiger partial charge on any atom is -0.392 e. The topological polar surface area (TPSA) is 43.7 Å². The maximum Gasteiger partial charge on any atom is 0.0695 e. The Morgan fingerprint density at radius 3 is 2.57 bits per heavy atom. The highest BCUT2D eigenvalue weighted by Crippen LogP contribution is 2.21. The molecule has 3 heteroatoms. The van der Waals surface area contributed by atoms with E-state index in [2.05, 4.69) is 4.90 Å². The average Bonchev–Trinajstić information content (AvgIpc) is 2.28. The normalized spacial score (nSPS) is 31.5. The fourth-order valence-electron chi connectivity index (χ4n) is 2.33. The van der Waals surface area contributed by atoms with Gasteiger partial charge in [-0.15, -0.1) is 0 Å². The molecule has 2 N–H and O–H groups in total. The number of aliphatic hydroxyl groups is 2. The summed E-state index contributed by atoms with van der Waals surface area (Å²) in [5.41, 5.74) is 0. The van der Waals surface area contributed by atoms with E-state index in [1.54, 1.807) is 6.92 Å². The summed E-state index contributed by atoms with van der Waals surface area (Å²) in [6.07, 6.45) is 5.03. The monoisotopic (exact) mass is 201 g/mol. The summed E-state index contributed by atoms with van der Waals surface area (Å²) in [7, 11) is 1.99. The van der Waals surface area contributed by atoms with E-state index in [4.69, 9.17) is 0 Å². The van der Waals surface area contributed by atoms with Crippen molar-refractivity contribution in [2.75, 3.05) is 13.6 Å². The highest BCUT2D eigenvalue weighted by Gasteiger charge is 2.25. The Morgan fingerprint density at radius 2 is 1.93 bits per heavy atom. The molecule has 1 aliphatic rings. The van der Waals surface area contributed by atoms with Crippen molar-refractivity contribution in [3.05, 3.63) is 0 Å². The first-order valence-electron chi connectivity index (χ1n) is 5.67. The molecular formula is C11H23NO2. The number of nitrogens with zero attached hydrogens (tertiary/aromatic N) is 1. The molecule has 3 nitrogen and oxygen atoms in total. The van der Waals surface area contributed by atoms with E-state index in [1.807, 2.05) is 7.05 Å². The van der Waals surface area contributed by atoms with Gasteiger partial charge < -0.3 is 10.2 Å². The first-order chi connectivity index (χ1) is 6.61. The van der Waals surface area contributed by atoms with Crippen LogP contribution < -0.4 is 0 Å². The molecule has 0 amide bonds. The molecule has 1 rings (SSSR count). The molecule has 0 aromatic carbocycles. The van der Waals surface area contributed by atoms with Gasteiger partial charge in [-0.25, -0.2) is 0 Å². The fourth-order valence-corrected chi connectivity index (χ4v) is 2.33. The SMILES string of the molecule is CC(O)CN(C)C1CCCCCC1O. The zero-order valence-corrected chi connectivity index (χ0v) is 9.32. The lowest BCUT2D eigenvalue weighted by atomic mass is 10.0. The molecule has 0 bridgehead atoms. The summed E-state index contributed by atoms with van der Waals surface area (Å²) in [4.78, 5) is 2.10. The molecule has 0 saturated heterocycles. The van der Waals surface area contributed by atoms with Gasteiger partial charge in [0.2, 0.25) is 0 Å². The summed E-state index contributed by atoms with van der Waals surface area (Å²) in [5, 5.41) is 19.2. The number of rotatable bonds is 3. The quantitative estimate of drug-likeness (QED) is 0.669. The maximum absolute atomic E-state index is 9.91. The molecule has 1 fully saturated rings. The van der Waals surface area contributed by atoms with E-state index in [0.717, 1.165) is 19.3 Å². The van der Waals surface area contributed by atoms with E-state index in [1.165, 1.54) is 12.8 Å². The van der Waals surface area contributed by atoms with Crippen LogP contribution in [0.25, 0.3) is 0 Å². The molecular weight excluding hydrogens is 178 g/mol. The smallest absolute Gasteiger partial charge is 0.0695 e. The van der Waals surface area contributed by atoms with Gasteiger partial charge in [-0.05, 0) is 26.8 Å². The van der Waals surface area contributed by atoms with Gasteiger partial charge >= 0.3 is 0 Å². The molecule has 1 saturated carbocycles. The summed E-state index contributed by atoms with van der Waals surface area (Å²) >= 11 is 0.